The van der Waals surface area contributed by atoms with Crippen molar-refractivity contribution in [3.8, 4) is 23.4 Å². The van der Waals surface area contributed by atoms with E-state index in [9.17, 15) is 4.39 Å². The number of nitrogens with one attached hydrogen (secondary N) is 1. The minimum atomic E-state index is -0.226. The summed E-state index contributed by atoms with van der Waals surface area (Å²) in [5.41, 5.74) is 4.13. The molecule has 1 N–H and O–H groups in total. The molecule has 4 heterocycles. The number of anilines is 2. The van der Waals surface area contributed by atoms with E-state index in [1.54, 1.807) is 30.7 Å². The lowest BCUT2D eigenvalue weighted by molar-refractivity contribution is 0.623. The van der Waals surface area contributed by atoms with E-state index in [-0.39, 0.29) is 5.82 Å². The molecule has 0 radical (unpaired) electrons. The summed E-state index contributed by atoms with van der Waals surface area (Å²) in [5, 5.41) is 7.99. The van der Waals surface area contributed by atoms with Crippen LogP contribution in [0.4, 0.5) is 16.0 Å². The van der Waals surface area contributed by atoms with Gasteiger partial charge in [-0.05, 0) is 60.5 Å². The van der Waals surface area contributed by atoms with Crippen LogP contribution in [-0.2, 0) is 0 Å². The highest BCUT2D eigenvalue weighted by Gasteiger charge is 2.20. The van der Waals surface area contributed by atoms with Crippen molar-refractivity contribution in [2.75, 3.05) is 36.0 Å². The highest BCUT2D eigenvalue weighted by Crippen LogP contribution is 2.20. The van der Waals surface area contributed by atoms with E-state index in [1.807, 2.05) is 30.3 Å². The third-order valence-corrected chi connectivity index (χ3v) is 6.06. The number of benzene rings is 2. The van der Waals surface area contributed by atoms with E-state index in [4.69, 9.17) is 4.98 Å². The Morgan fingerprint density at radius 3 is 2.47 bits per heavy atom. The summed E-state index contributed by atoms with van der Waals surface area (Å²) in [6.45, 7) is 3.11. The monoisotopic (exact) mass is 476 g/mol. The third kappa shape index (κ3) is 4.57. The van der Waals surface area contributed by atoms with Gasteiger partial charge in [-0.15, -0.1) is 0 Å². The molecule has 176 valence electrons. The van der Waals surface area contributed by atoms with E-state index >= 15 is 0 Å². The van der Waals surface area contributed by atoms with Gasteiger partial charge in [-0.25, -0.2) is 24.3 Å². The van der Waals surface area contributed by atoms with Crippen LogP contribution in [0.3, 0.4) is 0 Å². The van der Waals surface area contributed by atoms with Gasteiger partial charge in [-0.2, -0.15) is 5.10 Å². The summed E-state index contributed by atoms with van der Waals surface area (Å²) in [7, 11) is 0. The second kappa shape index (κ2) is 9.43. The maximum atomic E-state index is 13.2. The number of hydrogen-bond donors (Lipinski definition) is 1. The van der Waals surface area contributed by atoms with Gasteiger partial charge >= 0.3 is 0 Å². The highest BCUT2D eigenvalue weighted by molar-refractivity contribution is 5.79. The predicted molar refractivity (Wildman–Crippen MR) is 136 cm³/mol. The van der Waals surface area contributed by atoms with Crippen molar-refractivity contribution in [3.63, 3.8) is 0 Å². The minimum Gasteiger partial charge on any atom is -0.368 e. The molecule has 0 amide bonds. The van der Waals surface area contributed by atoms with Crippen LogP contribution < -0.4 is 9.80 Å². The SMILES string of the molecule is Fc1ccc(N2CCN(c3nccc(-c4nccc(C#Cc5ccc6[nH]ncc6c5)n4)n3)CC2)cc1. The number of rotatable bonds is 3. The third-order valence-electron chi connectivity index (χ3n) is 6.06. The molecule has 1 aliphatic rings. The van der Waals surface area contributed by atoms with E-state index in [0.29, 0.717) is 23.2 Å². The molecule has 1 fully saturated rings. The highest BCUT2D eigenvalue weighted by atomic mass is 19.1. The number of fused-ring (bicyclic) bond motifs is 1. The van der Waals surface area contributed by atoms with Gasteiger partial charge in [0, 0.05) is 55.2 Å². The smallest absolute Gasteiger partial charge is 0.226 e. The van der Waals surface area contributed by atoms with Gasteiger partial charge in [0.15, 0.2) is 5.82 Å². The molecule has 1 saturated heterocycles. The number of aromatic nitrogens is 6. The molecular formula is C27H21FN8. The first-order valence-corrected chi connectivity index (χ1v) is 11.6. The number of piperazine rings is 1. The van der Waals surface area contributed by atoms with E-state index in [0.717, 1.165) is 48.3 Å². The molecule has 5 aromatic rings. The second-order valence-corrected chi connectivity index (χ2v) is 8.38. The lowest BCUT2D eigenvalue weighted by Gasteiger charge is -2.36. The lowest BCUT2D eigenvalue weighted by atomic mass is 10.1. The molecule has 9 heteroatoms. The Hall–Kier alpha value is -4.84. The summed E-state index contributed by atoms with van der Waals surface area (Å²) in [6.07, 6.45) is 5.19. The Bertz CT molecular complexity index is 1580. The molecule has 0 spiro atoms. The first kappa shape index (κ1) is 21.7. The van der Waals surface area contributed by atoms with E-state index in [1.165, 1.54) is 12.1 Å². The molecule has 1 aliphatic heterocycles. The van der Waals surface area contributed by atoms with Gasteiger partial charge in [-0.3, -0.25) is 5.10 Å². The number of halogens is 1. The molecule has 2 aromatic carbocycles. The summed E-state index contributed by atoms with van der Waals surface area (Å²) in [4.78, 5) is 22.6. The van der Waals surface area contributed by atoms with Gasteiger partial charge in [0.25, 0.3) is 0 Å². The van der Waals surface area contributed by atoms with Gasteiger partial charge < -0.3 is 9.80 Å². The van der Waals surface area contributed by atoms with Crippen LogP contribution in [0.1, 0.15) is 11.3 Å². The first-order chi connectivity index (χ1) is 17.7. The zero-order valence-electron chi connectivity index (χ0n) is 19.3. The van der Waals surface area contributed by atoms with Crippen LogP contribution in [0.2, 0.25) is 0 Å². The molecule has 0 aliphatic carbocycles. The topological polar surface area (TPSA) is 86.7 Å². The quantitative estimate of drug-likeness (QED) is 0.398. The molecule has 0 bridgehead atoms. The molecule has 8 nitrogen and oxygen atoms in total. The van der Waals surface area contributed by atoms with Crippen molar-refractivity contribution in [1.29, 1.82) is 0 Å². The average Bonchev–Trinajstić information content (AvgIpc) is 3.41. The summed E-state index contributed by atoms with van der Waals surface area (Å²) in [6, 6.07) is 16.1. The average molecular weight is 477 g/mol. The Morgan fingerprint density at radius 1 is 0.806 bits per heavy atom. The predicted octanol–water partition coefficient (Wildman–Crippen LogP) is 3.68. The maximum Gasteiger partial charge on any atom is 0.226 e. The fraction of sp³-hybridized carbons (Fsp3) is 0.148. The standard InChI is InChI=1S/C27H21FN8/c28-21-3-6-23(7-4-21)35-13-15-36(16-14-35)27-30-12-10-25(33-27)26-29-11-9-22(32-26)5-1-19-2-8-24-20(17-19)18-31-34-24/h2-4,6-12,17-18H,13-16H2,(H,31,34). The first-order valence-electron chi connectivity index (χ1n) is 11.6. The van der Waals surface area contributed by atoms with Crippen LogP contribution in [0.25, 0.3) is 22.4 Å². The summed E-state index contributed by atoms with van der Waals surface area (Å²) in [5.74, 6) is 7.19. The summed E-state index contributed by atoms with van der Waals surface area (Å²) >= 11 is 0. The zero-order valence-corrected chi connectivity index (χ0v) is 19.3. The number of H-pyrrole nitrogens is 1. The Morgan fingerprint density at radius 2 is 1.61 bits per heavy atom. The Balaban J connectivity index is 1.17. The van der Waals surface area contributed by atoms with Crippen LogP contribution in [0, 0.1) is 17.7 Å². The molecule has 0 saturated carbocycles. The van der Waals surface area contributed by atoms with Gasteiger partial charge in [0.1, 0.15) is 17.2 Å². The number of nitrogens with zero attached hydrogens (tertiary/aromatic N) is 7. The fourth-order valence-electron chi connectivity index (χ4n) is 4.15. The van der Waals surface area contributed by atoms with Crippen LogP contribution in [0.15, 0.2) is 73.2 Å². The minimum absolute atomic E-state index is 0.226. The van der Waals surface area contributed by atoms with Crippen LogP contribution in [-0.4, -0.2) is 56.3 Å². The molecular weight excluding hydrogens is 455 g/mol. The zero-order chi connectivity index (χ0) is 24.3. The lowest BCUT2D eigenvalue weighted by Crippen LogP contribution is -2.47. The van der Waals surface area contributed by atoms with Crippen molar-refractivity contribution in [1.82, 2.24) is 30.1 Å². The van der Waals surface area contributed by atoms with Crippen molar-refractivity contribution in [2.45, 2.75) is 0 Å². The largest absolute Gasteiger partial charge is 0.368 e. The van der Waals surface area contributed by atoms with Crippen molar-refractivity contribution in [3.05, 3.63) is 90.3 Å². The molecule has 0 unspecified atom stereocenters. The number of hydrogen-bond acceptors (Lipinski definition) is 7. The van der Waals surface area contributed by atoms with E-state index < -0.39 is 0 Å². The molecule has 0 atom stereocenters. The normalized spacial score (nSPS) is 13.5. The second-order valence-electron chi connectivity index (χ2n) is 8.38. The van der Waals surface area contributed by atoms with Crippen LogP contribution >= 0.6 is 0 Å². The number of aromatic amines is 1. The van der Waals surface area contributed by atoms with Crippen molar-refractivity contribution < 1.29 is 4.39 Å². The molecule has 6 rings (SSSR count). The van der Waals surface area contributed by atoms with Gasteiger partial charge in [-0.1, -0.05) is 5.92 Å². The molecule has 3 aromatic heterocycles. The van der Waals surface area contributed by atoms with Crippen LogP contribution in [0.5, 0.6) is 0 Å². The van der Waals surface area contributed by atoms with Gasteiger partial charge in [0.2, 0.25) is 5.95 Å². The van der Waals surface area contributed by atoms with E-state index in [2.05, 4.69) is 46.8 Å². The van der Waals surface area contributed by atoms with Gasteiger partial charge in [0.05, 0.1) is 11.7 Å². The molecule has 36 heavy (non-hydrogen) atoms. The maximum absolute atomic E-state index is 13.2. The Labute approximate surface area is 206 Å². The van der Waals surface area contributed by atoms with Crippen molar-refractivity contribution in [2.24, 2.45) is 0 Å². The Kier molecular flexibility index (Phi) is 5.68. The fourth-order valence-corrected chi connectivity index (χ4v) is 4.15. The van der Waals surface area contributed by atoms with Crippen molar-refractivity contribution >= 4 is 22.5 Å². The summed E-state index contributed by atoms with van der Waals surface area (Å²) < 4.78 is 13.2.